The van der Waals surface area contributed by atoms with E-state index in [2.05, 4.69) is 27.3 Å². The van der Waals surface area contributed by atoms with Crippen molar-refractivity contribution >= 4 is 23.3 Å². The summed E-state index contributed by atoms with van der Waals surface area (Å²) in [6.07, 6.45) is 5.52. The quantitative estimate of drug-likeness (QED) is 0.755. The first-order valence-corrected chi connectivity index (χ1v) is 9.54. The lowest BCUT2D eigenvalue weighted by Crippen LogP contribution is -2.49. The largest absolute Gasteiger partial charge is 0.331 e. The number of likely N-dealkylation sites (tertiary alicyclic amines) is 1. The van der Waals surface area contributed by atoms with Crippen LogP contribution in [0.1, 0.15) is 42.4 Å². The number of nitrogens with zero attached hydrogens (tertiary/aromatic N) is 5. The second-order valence-electron chi connectivity index (χ2n) is 7.32. The summed E-state index contributed by atoms with van der Waals surface area (Å²) in [4.78, 5) is 36.6. The number of anilines is 1. The maximum Gasteiger partial charge on any atom is 0.293 e. The van der Waals surface area contributed by atoms with Crippen molar-refractivity contribution in [3.63, 3.8) is 0 Å². The fourth-order valence-electron chi connectivity index (χ4n) is 4.67. The van der Waals surface area contributed by atoms with Crippen LogP contribution in [-0.2, 0) is 10.2 Å². The van der Waals surface area contributed by atoms with Gasteiger partial charge in [0.15, 0.2) is 0 Å². The van der Waals surface area contributed by atoms with Crippen molar-refractivity contribution in [3.8, 4) is 0 Å². The summed E-state index contributed by atoms with van der Waals surface area (Å²) >= 11 is 0. The predicted octanol–water partition coefficient (Wildman–Crippen LogP) is 2.03. The third-order valence-corrected chi connectivity index (χ3v) is 5.88. The lowest BCUT2D eigenvalue weighted by molar-refractivity contribution is -0.121. The second kappa shape index (κ2) is 6.12. The van der Waals surface area contributed by atoms with Gasteiger partial charge in [0, 0.05) is 24.6 Å². The molecule has 2 aromatic heterocycles. The number of amides is 2. The highest BCUT2D eigenvalue weighted by Gasteiger charge is 2.58. The van der Waals surface area contributed by atoms with Gasteiger partial charge >= 0.3 is 0 Å². The van der Waals surface area contributed by atoms with Crippen molar-refractivity contribution in [3.05, 3.63) is 54.1 Å². The van der Waals surface area contributed by atoms with Crippen LogP contribution < -0.4 is 5.32 Å². The van der Waals surface area contributed by atoms with E-state index in [9.17, 15) is 9.59 Å². The highest BCUT2D eigenvalue weighted by Crippen LogP contribution is 2.49. The van der Waals surface area contributed by atoms with Gasteiger partial charge in [0.1, 0.15) is 0 Å². The zero-order valence-corrected chi connectivity index (χ0v) is 15.5. The third kappa shape index (κ3) is 2.20. The molecule has 1 aromatic carbocycles. The first-order valence-electron chi connectivity index (χ1n) is 9.54. The minimum Gasteiger partial charge on any atom is -0.331 e. The van der Waals surface area contributed by atoms with Gasteiger partial charge in [-0.15, -0.1) is 5.10 Å². The normalized spacial score (nSPS) is 23.4. The predicted molar refractivity (Wildman–Crippen MR) is 102 cm³/mol. The van der Waals surface area contributed by atoms with E-state index < -0.39 is 5.41 Å². The number of para-hydroxylation sites is 1. The smallest absolute Gasteiger partial charge is 0.293 e. The molecular weight excluding hydrogens is 356 g/mol. The van der Waals surface area contributed by atoms with E-state index in [0.717, 1.165) is 24.1 Å². The summed E-state index contributed by atoms with van der Waals surface area (Å²) in [5.74, 6) is 0.226. The summed E-state index contributed by atoms with van der Waals surface area (Å²) in [7, 11) is 0. The first-order chi connectivity index (χ1) is 13.6. The molecule has 5 rings (SSSR count). The Hall–Kier alpha value is -3.29. The van der Waals surface area contributed by atoms with E-state index in [4.69, 9.17) is 0 Å². The van der Waals surface area contributed by atoms with Crippen LogP contribution in [0.25, 0.3) is 5.78 Å². The van der Waals surface area contributed by atoms with Crippen LogP contribution in [0.5, 0.6) is 0 Å². The Morgan fingerprint density at radius 1 is 1.32 bits per heavy atom. The number of nitrogens with one attached hydrogen (secondary N) is 1. The number of benzene rings is 1. The van der Waals surface area contributed by atoms with Crippen LogP contribution in [0, 0.1) is 0 Å². The molecule has 0 radical (unpaired) electrons. The summed E-state index contributed by atoms with van der Waals surface area (Å²) in [5.41, 5.74) is 1.12. The highest BCUT2D eigenvalue weighted by molar-refractivity contribution is 6.08. The van der Waals surface area contributed by atoms with E-state index in [1.54, 1.807) is 23.4 Å². The van der Waals surface area contributed by atoms with Crippen molar-refractivity contribution in [2.45, 2.75) is 37.6 Å². The molecule has 0 bridgehead atoms. The van der Waals surface area contributed by atoms with Crippen molar-refractivity contribution in [2.24, 2.45) is 0 Å². The lowest BCUT2D eigenvalue weighted by atomic mass is 9.73. The zero-order valence-electron chi connectivity index (χ0n) is 15.5. The van der Waals surface area contributed by atoms with Gasteiger partial charge in [-0.2, -0.15) is 4.98 Å². The Morgan fingerprint density at radius 3 is 3.00 bits per heavy atom. The van der Waals surface area contributed by atoms with Gasteiger partial charge < -0.3 is 10.2 Å². The first kappa shape index (κ1) is 16.9. The lowest BCUT2D eigenvalue weighted by Gasteiger charge is -2.33. The van der Waals surface area contributed by atoms with Gasteiger partial charge in [-0.1, -0.05) is 31.5 Å². The Morgan fingerprint density at radius 2 is 2.18 bits per heavy atom. The second-order valence-corrected chi connectivity index (χ2v) is 7.32. The number of hydrogen-bond donors (Lipinski definition) is 1. The van der Waals surface area contributed by atoms with Gasteiger partial charge in [0.25, 0.3) is 11.7 Å². The Labute approximate surface area is 161 Å². The number of rotatable bonds is 3. The minimum absolute atomic E-state index is 0.0212. The van der Waals surface area contributed by atoms with Crippen molar-refractivity contribution in [1.82, 2.24) is 24.5 Å². The highest BCUT2D eigenvalue weighted by atomic mass is 16.2. The molecule has 0 saturated carbocycles. The number of carbonyl (C=O) groups excluding carboxylic acids is 2. The summed E-state index contributed by atoms with van der Waals surface area (Å²) in [5, 5.41) is 7.30. The molecule has 1 saturated heterocycles. The maximum absolute atomic E-state index is 13.3. The van der Waals surface area contributed by atoms with E-state index in [1.165, 1.54) is 4.52 Å². The van der Waals surface area contributed by atoms with E-state index in [0.29, 0.717) is 18.7 Å². The van der Waals surface area contributed by atoms with Crippen LogP contribution in [0.15, 0.2) is 42.7 Å². The molecule has 28 heavy (non-hydrogen) atoms. The van der Waals surface area contributed by atoms with Crippen molar-refractivity contribution in [2.75, 3.05) is 11.9 Å². The number of fused-ring (bicyclic) bond motifs is 3. The Kier molecular flexibility index (Phi) is 3.68. The van der Waals surface area contributed by atoms with Crippen LogP contribution in [-0.4, -0.2) is 48.9 Å². The molecule has 8 heteroatoms. The van der Waals surface area contributed by atoms with Crippen LogP contribution in [0.2, 0.25) is 0 Å². The van der Waals surface area contributed by atoms with Crippen LogP contribution in [0.4, 0.5) is 5.69 Å². The van der Waals surface area contributed by atoms with E-state index in [1.807, 2.05) is 24.3 Å². The number of hydrogen-bond acceptors (Lipinski definition) is 5. The van der Waals surface area contributed by atoms with Crippen molar-refractivity contribution < 1.29 is 9.59 Å². The Balaban J connectivity index is 1.56. The standard InChI is InChI=1S/C20H20N6O2/c1-2-6-15-20(13-7-3-4-8-14(13)22-18(20)28)9-12-25(15)17(27)16-23-19-21-10-5-11-26(19)24-16/h3-5,7-8,10-11,15H,2,6,9,12H2,1H3,(H,22,28)/t15-,20+/m0/s1. The minimum atomic E-state index is -0.709. The number of aromatic nitrogens is 4. The molecule has 2 amide bonds. The van der Waals surface area contributed by atoms with Crippen molar-refractivity contribution in [1.29, 1.82) is 0 Å². The molecule has 2 aliphatic rings. The SMILES string of the molecule is CCC[C@@H]1N(C(=O)c2nc3ncccn3n2)CC[C@]12C(=O)Nc1ccccc12. The summed E-state index contributed by atoms with van der Waals surface area (Å²) in [6.45, 7) is 2.56. The topological polar surface area (TPSA) is 92.5 Å². The molecule has 2 aliphatic heterocycles. The summed E-state index contributed by atoms with van der Waals surface area (Å²) in [6, 6.07) is 9.29. The van der Waals surface area contributed by atoms with Gasteiger partial charge in [-0.25, -0.2) is 9.50 Å². The molecular formula is C20H20N6O2. The zero-order chi connectivity index (χ0) is 19.3. The molecule has 3 aromatic rings. The molecule has 1 N–H and O–H groups in total. The monoisotopic (exact) mass is 376 g/mol. The summed E-state index contributed by atoms with van der Waals surface area (Å²) < 4.78 is 1.49. The van der Waals surface area contributed by atoms with Crippen LogP contribution in [0.3, 0.4) is 0 Å². The average molecular weight is 376 g/mol. The maximum atomic E-state index is 13.3. The molecule has 1 fully saturated rings. The molecule has 2 atom stereocenters. The van der Waals surface area contributed by atoms with Crippen LogP contribution >= 0.6 is 0 Å². The fraction of sp³-hybridized carbons (Fsp3) is 0.350. The van der Waals surface area contributed by atoms with E-state index >= 15 is 0 Å². The van der Waals surface area contributed by atoms with Gasteiger partial charge in [-0.3, -0.25) is 9.59 Å². The molecule has 4 heterocycles. The van der Waals surface area contributed by atoms with Gasteiger partial charge in [-0.05, 0) is 30.5 Å². The third-order valence-electron chi connectivity index (χ3n) is 5.88. The molecule has 0 aliphatic carbocycles. The average Bonchev–Trinajstić information content (AvgIpc) is 3.38. The molecule has 1 spiro atoms. The van der Waals surface area contributed by atoms with Gasteiger partial charge in [0.2, 0.25) is 11.7 Å². The fourth-order valence-corrected chi connectivity index (χ4v) is 4.67. The molecule has 142 valence electrons. The molecule has 0 unspecified atom stereocenters. The number of carbonyl (C=O) groups is 2. The van der Waals surface area contributed by atoms with E-state index in [-0.39, 0.29) is 23.7 Å². The Bertz CT molecular complexity index is 1060. The molecule has 8 nitrogen and oxygen atoms in total. The van der Waals surface area contributed by atoms with Gasteiger partial charge in [0.05, 0.1) is 11.5 Å².